The highest BCUT2D eigenvalue weighted by atomic mass is 16.5. The van der Waals surface area contributed by atoms with Gasteiger partial charge in [0.2, 0.25) is 11.8 Å². The summed E-state index contributed by atoms with van der Waals surface area (Å²) in [5.41, 5.74) is 0. The predicted octanol–water partition coefficient (Wildman–Crippen LogP) is 4.49. The van der Waals surface area contributed by atoms with Crippen LogP contribution in [0.25, 0.3) is 0 Å². The minimum atomic E-state index is -0.335. The van der Waals surface area contributed by atoms with Gasteiger partial charge in [0.15, 0.2) is 0 Å². The molecule has 0 aliphatic heterocycles. The van der Waals surface area contributed by atoms with Crippen molar-refractivity contribution in [3.8, 4) is 0 Å². The van der Waals surface area contributed by atoms with Gasteiger partial charge in [-0.05, 0) is 6.42 Å². The lowest BCUT2D eigenvalue weighted by atomic mass is 10.0. The highest BCUT2D eigenvalue weighted by Crippen LogP contribution is 2.11. The van der Waals surface area contributed by atoms with Crippen LogP contribution < -0.4 is 5.32 Å². The lowest BCUT2D eigenvalue weighted by Crippen LogP contribution is -2.15. The number of anilines is 1. The van der Waals surface area contributed by atoms with Crippen molar-refractivity contribution in [1.29, 1.82) is 0 Å². The smallest absolute Gasteiger partial charge is 0.234 e. The van der Waals surface area contributed by atoms with Crippen molar-refractivity contribution >= 4 is 17.6 Å². The van der Waals surface area contributed by atoms with Crippen LogP contribution in [0.5, 0.6) is 0 Å². The number of ketones is 1. The lowest BCUT2D eigenvalue weighted by Gasteiger charge is -2.03. The molecule has 0 radical (unpaired) electrons. The van der Waals surface area contributed by atoms with Crippen molar-refractivity contribution in [2.24, 2.45) is 0 Å². The number of rotatable bonds is 13. The van der Waals surface area contributed by atoms with E-state index in [4.69, 9.17) is 4.52 Å². The number of carbonyl (C=O) groups is 2. The fourth-order valence-electron chi connectivity index (χ4n) is 2.36. The first kappa shape index (κ1) is 18.4. The van der Waals surface area contributed by atoms with Crippen LogP contribution >= 0.6 is 0 Å². The molecule has 0 bridgehead atoms. The Bertz CT molecular complexity index is 416. The van der Waals surface area contributed by atoms with E-state index >= 15 is 0 Å². The number of carbonyl (C=O) groups excluding carboxylic acids is 2. The lowest BCUT2D eigenvalue weighted by molar-refractivity contribution is -0.125. The van der Waals surface area contributed by atoms with Gasteiger partial charge in [-0.15, -0.1) is 0 Å². The van der Waals surface area contributed by atoms with Gasteiger partial charge in [0.05, 0.1) is 12.6 Å². The van der Waals surface area contributed by atoms with E-state index in [0.717, 1.165) is 12.8 Å². The van der Waals surface area contributed by atoms with Crippen LogP contribution in [0.1, 0.15) is 77.6 Å². The number of amides is 1. The van der Waals surface area contributed by atoms with Crippen molar-refractivity contribution in [3.63, 3.8) is 0 Å². The summed E-state index contributed by atoms with van der Waals surface area (Å²) in [5, 5.41) is 5.98. The van der Waals surface area contributed by atoms with Gasteiger partial charge in [0, 0.05) is 12.5 Å². The minimum Gasteiger partial charge on any atom is -0.338 e. The summed E-state index contributed by atoms with van der Waals surface area (Å²) in [6, 6.07) is 1.54. The summed E-state index contributed by atoms with van der Waals surface area (Å²) in [4.78, 5) is 23.2. The maximum absolute atomic E-state index is 11.7. The Morgan fingerprint density at radius 1 is 1.05 bits per heavy atom. The first-order valence-corrected chi connectivity index (χ1v) is 8.44. The molecule has 1 rings (SSSR count). The Morgan fingerprint density at radius 3 is 2.27 bits per heavy atom. The fraction of sp³-hybridized carbons (Fsp3) is 0.706. The molecule has 0 spiro atoms. The Hall–Kier alpha value is -1.65. The summed E-state index contributed by atoms with van der Waals surface area (Å²) in [7, 11) is 0. The van der Waals surface area contributed by atoms with Crippen LogP contribution in [0.15, 0.2) is 16.8 Å². The molecule has 1 aromatic rings. The molecule has 0 fully saturated rings. The molecule has 1 amide bonds. The normalized spacial score (nSPS) is 10.6. The molecule has 5 nitrogen and oxygen atoms in total. The molecule has 0 aliphatic rings. The third kappa shape index (κ3) is 9.32. The average Bonchev–Trinajstić information content (AvgIpc) is 2.98. The number of aromatic nitrogens is 1. The van der Waals surface area contributed by atoms with Crippen molar-refractivity contribution in [1.82, 2.24) is 5.16 Å². The molecule has 0 saturated carbocycles. The molecular formula is C17H28N2O3. The molecule has 0 aromatic carbocycles. The van der Waals surface area contributed by atoms with Crippen molar-refractivity contribution < 1.29 is 14.1 Å². The molecule has 1 heterocycles. The number of nitrogens with one attached hydrogen (secondary N) is 1. The van der Waals surface area contributed by atoms with E-state index in [-0.39, 0.29) is 24.0 Å². The molecule has 124 valence electrons. The van der Waals surface area contributed by atoms with Crippen molar-refractivity contribution in [3.05, 3.63) is 12.3 Å². The number of unbranched alkanes of at least 4 members (excludes halogenated alkanes) is 8. The Morgan fingerprint density at radius 2 is 1.68 bits per heavy atom. The summed E-state index contributed by atoms with van der Waals surface area (Å²) < 4.78 is 4.75. The molecule has 0 saturated heterocycles. The second kappa shape index (κ2) is 12.0. The van der Waals surface area contributed by atoms with Gasteiger partial charge in [-0.3, -0.25) is 14.9 Å². The van der Waals surface area contributed by atoms with Crippen LogP contribution in [0.2, 0.25) is 0 Å². The van der Waals surface area contributed by atoms with Crippen LogP contribution in [-0.4, -0.2) is 16.8 Å². The van der Waals surface area contributed by atoms with E-state index < -0.39 is 0 Å². The standard InChI is InChI=1S/C17H28N2O3/c1-2-3-4-5-6-7-8-9-10-11-15(20)14-16(21)19-17-12-13-18-22-17/h12-13H,2-11,14H2,1H3,(H,19,21). The summed E-state index contributed by atoms with van der Waals surface area (Å²) in [5.74, 6) is -0.0708. The molecule has 0 unspecified atom stereocenters. The van der Waals surface area contributed by atoms with E-state index in [1.807, 2.05) is 0 Å². The maximum atomic E-state index is 11.7. The number of nitrogens with zero attached hydrogens (tertiary/aromatic N) is 1. The largest absolute Gasteiger partial charge is 0.338 e. The Labute approximate surface area is 132 Å². The van der Waals surface area contributed by atoms with Crippen LogP contribution in [0, 0.1) is 0 Å². The molecule has 1 aromatic heterocycles. The summed E-state index contributed by atoms with van der Waals surface area (Å²) >= 11 is 0. The van der Waals surface area contributed by atoms with Gasteiger partial charge >= 0.3 is 0 Å². The third-order valence-corrected chi connectivity index (χ3v) is 3.62. The molecule has 22 heavy (non-hydrogen) atoms. The van der Waals surface area contributed by atoms with Gasteiger partial charge in [0.25, 0.3) is 0 Å². The van der Waals surface area contributed by atoms with Crippen LogP contribution in [-0.2, 0) is 9.59 Å². The summed E-state index contributed by atoms with van der Waals surface area (Å²) in [6.07, 6.45) is 12.8. The monoisotopic (exact) mass is 308 g/mol. The first-order chi connectivity index (χ1) is 10.7. The maximum Gasteiger partial charge on any atom is 0.234 e. The predicted molar refractivity (Wildman–Crippen MR) is 86.6 cm³/mol. The number of hydrogen-bond acceptors (Lipinski definition) is 4. The molecule has 1 N–H and O–H groups in total. The highest BCUT2D eigenvalue weighted by Gasteiger charge is 2.10. The zero-order valence-electron chi connectivity index (χ0n) is 13.6. The summed E-state index contributed by atoms with van der Waals surface area (Å²) in [6.45, 7) is 2.22. The van der Waals surface area contributed by atoms with Crippen molar-refractivity contribution in [2.45, 2.75) is 77.6 Å². The van der Waals surface area contributed by atoms with Gasteiger partial charge in [-0.25, -0.2) is 0 Å². The van der Waals surface area contributed by atoms with E-state index in [1.165, 1.54) is 51.1 Å². The zero-order chi connectivity index (χ0) is 16.0. The fourth-order valence-corrected chi connectivity index (χ4v) is 2.36. The Kier molecular flexibility index (Phi) is 9.99. The van der Waals surface area contributed by atoms with E-state index in [9.17, 15) is 9.59 Å². The topological polar surface area (TPSA) is 72.2 Å². The molecule has 0 aliphatic carbocycles. The van der Waals surface area contributed by atoms with Crippen LogP contribution in [0.3, 0.4) is 0 Å². The van der Waals surface area contributed by atoms with Crippen molar-refractivity contribution in [2.75, 3.05) is 5.32 Å². The molecule has 5 heteroatoms. The third-order valence-electron chi connectivity index (χ3n) is 3.62. The van der Waals surface area contributed by atoms with E-state index in [2.05, 4.69) is 17.4 Å². The van der Waals surface area contributed by atoms with E-state index in [1.54, 1.807) is 6.07 Å². The van der Waals surface area contributed by atoms with Crippen LogP contribution in [0.4, 0.5) is 5.88 Å². The van der Waals surface area contributed by atoms with Gasteiger partial charge in [0.1, 0.15) is 5.78 Å². The van der Waals surface area contributed by atoms with Gasteiger partial charge in [-0.2, -0.15) is 0 Å². The average molecular weight is 308 g/mol. The van der Waals surface area contributed by atoms with E-state index in [0.29, 0.717) is 6.42 Å². The van der Waals surface area contributed by atoms with Gasteiger partial charge < -0.3 is 4.52 Å². The quantitative estimate of drug-likeness (QED) is 0.430. The second-order valence-corrected chi connectivity index (χ2v) is 5.72. The zero-order valence-corrected chi connectivity index (χ0v) is 13.6. The number of hydrogen-bond donors (Lipinski definition) is 1. The molecular weight excluding hydrogens is 280 g/mol. The SMILES string of the molecule is CCCCCCCCCCCC(=O)CC(=O)Nc1ccno1. The molecule has 0 atom stereocenters. The number of Topliss-reactive ketones (excluding diaryl/α,β-unsaturated/α-hetero) is 1. The Balaban J connectivity index is 1.94. The first-order valence-electron chi connectivity index (χ1n) is 8.44. The highest BCUT2D eigenvalue weighted by molar-refractivity contribution is 6.03. The minimum absolute atomic E-state index is 0.0139. The van der Waals surface area contributed by atoms with Gasteiger partial charge in [-0.1, -0.05) is 63.4 Å². The second-order valence-electron chi connectivity index (χ2n) is 5.72.